The number of hydrogen-bond acceptors (Lipinski definition) is 3. The highest BCUT2D eigenvalue weighted by molar-refractivity contribution is 9.14. The molecule has 0 aromatic carbocycles. The van der Waals surface area contributed by atoms with E-state index in [0.717, 1.165) is 0 Å². The van der Waals surface area contributed by atoms with Crippen molar-refractivity contribution in [3.05, 3.63) is 12.0 Å². The summed E-state index contributed by atoms with van der Waals surface area (Å²) in [5.74, 6) is 0. The van der Waals surface area contributed by atoms with Crippen molar-refractivity contribution in [2.24, 2.45) is 0 Å². The molecule has 1 N–H and O–H groups in total. The van der Waals surface area contributed by atoms with Crippen LogP contribution in [0.3, 0.4) is 0 Å². The molecule has 0 spiro atoms. The van der Waals surface area contributed by atoms with Crippen LogP contribution in [0.4, 0.5) is 0 Å². The highest BCUT2D eigenvalue weighted by Gasteiger charge is 2.23. The lowest BCUT2D eigenvalue weighted by Crippen LogP contribution is -1.97. The molecule has 0 bridgehead atoms. The van der Waals surface area contributed by atoms with Gasteiger partial charge in [0.1, 0.15) is 4.90 Å². The first-order valence-corrected chi connectivity index (χ1v) is 7.08. The van der Waals surface area contributed by atoms with Crippen LogP contribution in [0.25, 0.3) is 0 Å². The predicted octanol–water partition coefficient (Wildman–Crippen LogP) is 3.28. The molecule has 8 heteroatoms. The van der Waals surface area contributed by atoms with Crippen LogP contribution in [-0.2, 0) is 10.1 Å². The Morgan fingerprint density at radius 2 is 1.67 bits per heavy atom. The van der Waals surface area contributed by atoms with Gasteiger partial charge >= 0.3 is 0 Å². The van der Waals surface area contributed by atoms with Gasteiger partial charge in [-0.2, -0.15) is 8.42 Å². The second kappa shape index (κ2) is 3.66. The number of thiophene rings is 1. The molecule has 1 heterocycles. The van der Waals surface area contributed by atoms with E-state index in [1.165, 1.54) is 11.3 Å². The Hall–Kier alpha value is 1.05. The SMILES string of the molecule is O=S(=O)(O)c1c(Br)sc(Br)c1Br. The van der Waals surface area contributed by atoms with E-state index in [-0.39, 0.29) is 4.90 Å². The van der Waals surface area contributed by atoms with Crippen molar-refractivity contribution in [3.8, 4) is 0 Å². The average molecular weight is 401 g/mol. The second-order valence-electron chi connectivity index (χ2n) is 1.77. The van der Waals surface area contributed by atoms with Crippen LogP contribution in [0.2, 0.25) is 0 Å². The molecule has 1 rings (SSSR count). The molecule has 0 amide bonds. The lowest BCUT2D eigenvalue weighted by Gasteiger charge is -1.93. The van der Waals surface area contributed by atoms with Gasteiger partial charge < -0.3 is 0 Å². The monoisotopic (exact) mass is 398 g/mol. The fraction of sp³-hybridized carbons (Fsp3) is 0. The van der Waals surface area contributed by atoms with Gasteiger partial charge in [-0.3, -0.25) is 4.55 Å². The summed E-state index contributed by atoms with van der Waals surface area (Å²) in [5, 5.41) is 0. The van der Waals surface area contributed by atoms with E-state index in [1.807, 2.05) is 0 Å². The normalized spacial score (nSPS) is 12.0. The third kappa shape index (κ3) is 2.10. The van der Waals surface area contributed by atoms with Crippen molar-refractivity contribution in [1.82, 2.24) is 0 Å². The Labute approximate surface area is 98.3 Å². The minimum atomic E-state index is -4.16. The van der Waals surface area contributed by atoms with E-state index in [2.05, 4.69) is 47.8 Å². The van der Waals surface area contributed by atoms with E-state index >= 15 is 0 Å². The maximum Gasteiger partial charge on any atom is 0.297 e. The Morgan fingerprint density at radius 3 is 1.83 bits per heavy atom. The molecule has 1 aromatic heterocycles. The zero-order valence-corrected chi connectivity index (χ0v) is 11.6. The standard InChI is InChI=1S/C4HBr3O3S2/c5-1-2(12(8,9)10)4(7)11-3(1)6/h(H,8,9,10). The van der Waals surface area contributed by atoms with Crippen molar-refractivity contribution < 1.29 is 13.0 Å². The largest absolute Gasteiger partial charge is 0.297 e. The van der Waals surface area contributed by atoms with Gasteiger partial charge in [0.2, 0.25) is 0 Å². The van der Waals surface area contributed by atoms with Gasteiger partial charge in [-0.15, -0.1) is 11.3 Å². The molecule has 0 saturated carbocycles. The zero-order valence-electron chi connectivity index (χ0n) is 5.21. The van der Waals surface area contributed by atoms with E-state index in [4.69, 9.17) is 4.55 Å². The van der Waals surface area contributed by atoms with E-state index < -0.39 is 10.1 Å². The first kappa shape index (κ1) is 11.1. The fourth-order valence-electron chi connectivity index (χ4n) is 0.560. The van der Waals surface area contributed by atoms with Gasteiger partial charge in [-0.05, 0) is 47.8 Å². The molecule has 0 aliphatic carbocycles. The summed E-state index contributed by atoms with van der Waals surface area (Å²) in [5.41, 5.74) is 0. The second-order valence-corrected chi connectivity index (χ2v) is 7.58. The van der Waals surface area contributed by atoms with Crippen LogP contribution >= 0.6 is 59.1 Å². The quantitative estimate of drug-likeness (QED) is 0.736. The molecule has 0 radical (unpaired) electrons. The Balaban J connectivity index is 3.54. The molecule has 68 valence electrons. The third-order valence-corrected chi connectivity index (χ3v) is 6.68. The summed E-state index contributed by atoms with van der Waals surface area (Å²) in [7, 11) is -4.16. The summed E-state index contributed by atoms with van der Waals surface area (Å²) in [6.07, 6.45) is 0. The topological polar surface area (TPSA) is 54.4 Å². The fourth-order valence-corrected chi connectivity index (χ4v) is 6.36. The van der Waals surface area contributed by atoms with Crippen molar-refractivity contribution in [2.45, 2.75) is 4.90 Å². The number of hydrogen-bond donors (Lipinski definition) is 1. The van der Waals surface area contributed by atoms with Crippen molar-refractivity contribution in [1.29, 1.82) is 0 Å². The molecule has 0 saturated heterocycles. The van der Waals surface area contributed by atoms with Crippen molar-refractivity contribution >= 4 is 69.2 Å². The first-order valence-electron chi connectivity index (χ1n) is 2.45. The van der Waals surface area contributed by atoms with Crippen LogP contribution in [0.5, 0.6) is 0 Å². The Bertz CT molecular complexity index is 407. The molecule has 0 aliphatic heterocycles. The van der Waals surface area contributed by atoms with Crippen LogP contribution in [0.15, 0.2) is 16.9 Å². The van der Waals surface area contributed by atoms with E-state index in [1.54, 1.807) is 0 Å². The average Bonchev–Trinajstić information content (AvgIpc) is 2.05. The van der Waals surface area contributed by atoms with E-state index in [9.17, 15) is 8.42 Å². The lowest BCUT2D eigenvalue weighted by atomic mass is 10.7. The minimum Gasteiger partial charge on any atom is -0.282 e. The van der Waals surface area contributed by atoms with Gasteiger partial charge in [-0.1, -0.05) is 0 Å². The lowest BCUT2D eigenvalue weighted by molar-refractivity contribution is 0.482. The molecule has 0 fully saturated rings. The summed E-state index contributed by atoms with van der Waals surface area (Å²) in [6, 6.07) is 0. The van der Waals surface area contributed by atoms with Crippen LogP contribution in [0, 0.1) is 0 Å². The first-order chi connectivity index (χ1) is 5.34. The zero-order chi connectivity index (χ0) is 9.52. The molecule has 0 aliphatic rings. The molecule has 12 heavy (non-hydrogen) atoms. The molecular formula is C4HBr3O3S2. The van der Waals surface area contributed by atoms with Crippen molar-refractivity contribution in [2.75, 3.05) is 0 Å². The smallest absolute Gasteiger partial charge is 0.282 e. The van der Waals surface area contributed by atoms with Gasteiger partial charge in [0.25, 0.3) is 10.1 Å². The molecule has 1 aromatic rings. The molecule has 0 unspecified atom stereocenters. The van der Waals surface area contributed by atoms with Crippen LogP contribution in [0.1, 0.15) is 0 Å². The highest BCUT2D eigenvalue weighted by Crippen LogP contribution is 2.42. The van der Waals surface area contributed by atoms with Crippen molar-refractivity contribution in [3.63, 3.8) is 0 Å². The maximum absolute atomic E-state index is 10.8. The maximum atomic E-state index is 10.8. The van der Waals surface area contributed by atoms with Gasteiger partial charge in [0.15, 0.2) is 0 Å². The number of rotatable bonds is 1. The van der Waals surface area contributed by atoms with Gasteiger partial charge in [0, 0.05) is 0 Å². The highest BCUT2D eigenvalue weighted by atomic mass is 79.9. The predicted molar refractivity (Wildman–Crippen MR) is 57.2 cm³/mol. The van der Waals surface area contributed by atoms with Gasteiger partial charge in [0.05, 0.1) is 12.0 Å². The Kier molecular flexibility index (Phi) is 3.39. The summed E-state index contributed by atoms with van der Waals surface area (Å²) < 4.78 is 31.6. The summed E-state index contributed by atoms with van der Waals surface area (Å²) >= 11 is 10.3. The summed E-state index contributed by atoms with van der Waals surface area (Å²) in [4.78, 5) is -0.139. The molecule has 3 nitrogen and oxygen atoms in total. The van der Waals surface area contributed by atoms with Crippen LogP contribution in [-0.4, -0.2) is 13.0 Å². The Morgan fingerprint density at radius 1 is 1.17 bits per heavy atom. The minimum absolute atomic E-state index is 0.139. The van der Waals surface area contributed by atoms with E-state index in [0.29, 0.717) is 12.0 Å². The summed E-state index contributed by atoms with van der Waals surface area (Å²) in [6.45, 7) is 0. The molecular weight excluding hydrogens is 400 g/mol. The van der Waals surface area contributed by atoms with Crippen LogP contribution < -0.4 is 0 Å². The number of halogens is 3. The van der Waals surface area contributed by atoms with Gasteiger partial charge in [-0.25, -0.2) is 0 Å². The third-order valence-electron chi connectivity index (χ3n) is 0.988. The molecule has 0 atom stereocenters.